The fraction of sp³-hybridized carbons (Fsp3) is 0.231. The molecule has 18 heavy (non-hydrogen) atoms. The lowest BCUT2D eigenvalue weighted by molar-refractivity contribution is 0.451. The van der Waals surface area contributed by atoms with E-state index in [0.717, 1.165) is 21.3 Å². The van der Waals surface area contributed by atoms with Crippen LogP contribution >= 0.6 is 27.5 Å². The molecule has 0 aliphatic heterocycles. The highest BCUT2D eigenvalue weighted by molar-refractivity contribution is 9.10. The van der Waals surface area contributed by atoms with Crippen LogP contribution in [-0.2, 0) is 5.88 Å². The lowest BCUT2D eigenvalue weighted by Crippen LogP contribution is -1.98. The summed E-state index contributed by atoms with van der Waals surface area (Å²) in [5.74, 6) is 2.25. The van der Waals surface area contributed by atoms with Crippen LogP contribution in [0.25, 0.3) is 0 Å². The second kappa shape index (κ2) is 5.67. The van der Waals surface area contributed by atoms with Crippen LogP contribution in [0.1, 0.15) is 17.0 Å². The second-order valence-corrected chi connectivity index (χ2v) is 5.08. The van der Waals surface area contributed by atoms with Gasteiger partial charge in [-0.25, -0.2) is 4.98 Å². The van der Waals surface area contributed by atoms with Gasteiger partial charge in [-0.05, 0) is 31.5 Å². The SMILES string of the molecule is Cc1ncc(CCl)c(Oc2cc(Br)ccc2C)n1. The molecule has 1 heterocycles. The van der Waals surface area contributed by atoms with Gasteiger partial charge in [-0.1, -0.05) is 22.0 Å². The monoisotopic (exact) mass is 326 g/mol. The third-order valence-electron chi connectivity index (χ3n) is 2.45. The molecule has 0 aliphatic carbocycles. The summed E-state index contributed by atoms with van der Waals surface area (Å²) in [7, 11) is 0. The molecule has 0 aliphatic rings. The minimum atomic E-state index is 0.322. The average molecular weight is 328 g/mol. The number of hydrogen-bond donors (Lipinski definition) is 0. The van der Waals surface area contributed by atoms with Crippen molar-refractivity contribution < 1.29 is 4.74 Å². The summed E-state index contributed by atoms with van der Waals surface area (Å²) >= 11 is 9.27. The molecular formula is C13H12BrClN2O. The van der Waals surface area contributed by atoms with E-state index >= 15 is 0 Å². The molecule has 94 valence electrons. The van der Waals surface area contributed by atoms with Crippen LogP contribution in [0.3, 0.4) is 0 Å². The number of halogens is 2. The van der Waals surface area contributed by atoms with Crippen LogP contribution in [0.2, 0.25) is 0 Å². The number of benzene rings is 1. The summed E-state index contributed by atoms with van der Waals surface area (Å²) in [5.41, 5.74) is 1.82. The fourth-order valence-corrected chi connectivity index (χ4v) is 1.97. The van der Waals surface area contributed by atoms with Crippen molar-refractivity contribution in [2.24, 2.45) is 0 Å². The zero-order valence-electron chi connectivity index (χ0n) is 10.1. The maximum atomic E-state index is 5.85. The van der Waals surface area contributed by atoms with Crippen LogP contribution in [0, 0.1) is 13.8 Å². The molecule has 0 bridgehead atoms. The Morgan fingerprint density at radius 2 is 2.11 bits per heavy atom. The van der Waals surface area contributed by atoms with Crippen molar-refractivity contribution in [2.45, 2.75) is 19.7 Å². The van der Waals surface area contributed by atoms with E-state index in [9.17, 15) is 0 Å². The Morgan fingerprint density at radius 1 is 1.33 bits per heavy atom. The fourth-order valence-electron chi connectivity index (χ4n) is 1.44. The van der Waals surface area contributed by atoms with Crippen LogP contribution in [0.5, 0.6) is 11.6 Å². The number of aryl methyl sites for hydroxylation is 2. The zero-order valence-corrected chi connectivity index (χ0v) is 12.4. The molecule has 1 aromatic heterocycles. The van der Waals surface area contributed by atoms with Gasteiger partial charge in [-0.2, -0.15) is 4.98 Å². The van der Waals surface area contributed by atoms with Crippen molar-refractivity contribution in [3.63, 3.8) is 0 Å². The van der Waals surface area contributed by atoms with Crippen molar-refractivity contribution >= 4 is 27.5 Å². The van der Waals surface area contributed by atoms with Gasteiger partial charge in [0.25, 0.3) is 0 Å². The smallest absolute Gasteiger partial charge is 0.226 e. The maximum absolute atomic E-state index is 5.85. The molecule has 0 saturated heterocycles. The summed E-state index contributed by atoms with van der Waals surface area (Å²) in [5, 5.41) is 0. The molecule has 2 aromatic rings. The van der Waals surface area contributed by atoms with Crippen molar-refractivity contribution in [3.05, 3.63) is 45.8 Å². The van der Waals surface area contributed by atoms with Gasteiger partial charge < -0.3 is 4.74 Å². The predicted octanol–water partition coefficient (Wildman–Crippen LogP) is 4.39. The number of aromatic nitrogens is 2. The Bertz CT molecular complexity index is 575. The Morgan fingerprint density at radius 3 is 2.83 bits per heavy atom. The predicted molar refractivity (Wildman–Crippen MR) is 75.3 cm³/mol. The molecular weight excluding hydrogens is 316 g/mol. The van der Waals surface area contributed by atoms with Gasteiger partial charge in [0.15, 0.2) is 0 Å². The van der Waals surface area contributed by atoms with Gasteiger partial charge in [0.05, 0.1) is 5.88 Å². The van der Waals surface area contributed by atoms with Crippen molar-refractivity contribution in [1.29, 1.82) is 0 Å². The summed E-state index contributed by atoms with van der Waals surface area (Å²) in [6.45, 7) is 3.80. The number of ether oxygens (including phenoxy) is 1. The van der Waals surface area contributed by atoms with Gasteiger partial charge in [-0.3, -0.25) is 0 Å². The summed E-state index contributed by atoms with van der Waals surface area (Å²) in [6, 6.07) is 5.86. The van der Waals surface area contributed by atoms with Crippen LogP contribution in [-0.4, -0.2) is 9.97 Å². The van der Waals surface area contributed by atoms with Gasteiger partial charge in [0, 0.05) is 16.2 Å². The molecule has 0 atom stereocenters. The minimum Gasteiger partial charge on any atom is -0.438 e. The third-order valence-corrected chi connectivity index (χ3v) is 3.23. The van der Waals surface area contributed by atoms with E-state index in [1.807, 2.05) is 32.0 Å². The van der Waals surface area contributed by atoms with Crippen molar-refractivity contribution in [1.82, 2.24) is 9.97 Å². The first-order valence-corrected chi connectivity index (χ1v) is 6.75. The average Bonchev–Trinajstić information content (AvgIpc) is 2.34. The molecule has 0 unspecified atom stereocenters. The lowest BCUT2D eigenvalue weighted by Gasteiger charge is -2.11. The molecule has 5 heteroatoms. The quantitative estimate of drug-likeness (QED) is 0.784. The third kappa shape index (κ3) is 3.00. The minimum absolute atomic E-state index is 0.322. The van der Waals surface area contributed by atoms with E-state index < -0.39 is 0 Å². The molecule has 1 aromatic carbocycles. The van der Waals surface area contributed by atoms with Gasteiger partial charge in [-0.15, -0.1) is 11.6 Å². The van der Waals surface area contributed by atoms with Crippen molar-refractivity contribution in [2.75, 3.05) is 0 Å². The van der Waals surface area contributed by atoms with E-state index in [2.05, 4.69) is 25.9 Å². The summed E-state index contributed by atoms with van der Waals surface area (Å²) < 4.78 is 6.79. The lowest BCUT2D eigenvalue weighted by atomic mass is 10.2. The van der Waals surface area contributed by atoms with E-state index in [-0.39, 0.29) is 0 Å². The molecule has 0 N–H and O–H groups in total. The van der Waals surface area contributed by atoms with E-state index in [1.54, 1.807) is 6.20 Å². The van der Waals surface area contributed by atoms with Gasteiger partial charge in [0.2, 0.25) is 5.88 Å². The van der Waals surface area contributed by atoms with Crippen LogP contribution in [0.4, 0.5) is 0 Å². The second-order valence-electron chi connectivity index (χ2n) is 3.89. The molecule has 2 rings (SSSR count). The van der Waals surface area contributed by atoms with E-state index in [0.29, 0.717) is 17.6 Å². The highest BCUT2D eigenvalue weighted by Gasteiger charge is 2.09. The Balaban J connectivity index is 2.38. The zero-order chi connectivity index (χ0) is 13.1. The first-order valence-electron chi connectivity index (χ1n) is 5.42. The van der Waals surface area contributed by atoms with E-state index in [1.165, 1.54) is 0 Å². The highest BCUT2D eigenvalue weighted by Crippen LogP contribution is 2.29. The summed E-state index contributed by atoms with van der Waals surface area (Å²) in [4.78, 5) is 8.38. The number of hydrogen-bond acceptors (Lipinski definition) is 3. The molecule has 0 spiro atoms. The Kier molecular flexibility index (Phi) is 4.19. The molecule has 3 nitrogen and oxygen atoms in total. The maximum Gasteiger partial charge on any atom is 0.226 e. The largest absolute Gasteiger partial charge is 0.438 e. The Hall–Kier alpha value is -1.13. The summed E-state index contributed by atoms with van der Waals surface area (Å²) in [6.07, 6.45) is 1.69. The standard InChI is InChI=1S/C13H12BrClN2O/c1-8-3-4-11(14)5-12(8)18-13-10(6-15)7-16-9(2)17-13/h3-5,7H,6H2,1-2H3. The van der Waals surface area contributed by atoms with Crippen molar-refractivity contribution in [3.8, 4) is 11.6 Å². The normalized spacial score (nSPS) is 10.4. The highest BCUT2D eigenvalue weighted by atomic mass is 79.9. The number of rotatable bonds is 3. The first kappa shape index (κ1) is 13.3. The van der Waals surface area contributed by atoms with Crippen LogP contribution in [0.15, 0.2) is 28.9 Å². The van der Waals surface area contributed by atoms with Crippen LogP contribution < -0.4 is 4.74 Å². The molecule has 0 radical (unpaired) electrons. The number of alkyl halides is 1. The van der Waals surface area contributed by atoms with Gasteiger partial charge in [0.1, 0.15) is 11.6 Å². The van der Waals surface area contributed by atoms with E-state index in [4.69, 9.17) is 16.3 Å². The van der Waals surface area contributed by atoms with Gasteiger partial charge >= 0.3 is 0 Å². The molecule has 0 fully saturated rings. The molecule has 0 amide bonds. The topological polar surface area (TPSA) is 35.0 Å². The molecule has 0 saturated carbocycles. The first-order chi connectivity index (χ1) is 8.60. The number of nitrogens with zero attached hydrogens (tertiary/aromatic N) is 2. The Labute approximate surface area is 119 Å².